The minimum Gasteiger partial charge on any atom is -0.494 e. The van der Waals surface area contributed by atoms with Crippen molar-refractivity contribution in [2.24, 2.45) is 0 Å². The molecule has 1 amide bonds. The van der Waals surface area contributed by atoms with Crippen LogP contribution in [0, 0.1) is 13.8 Å². The molecular weight excluding hydrogens is 306 g/mol. The first-order valence-electron chi connectivity index (χ1n) is 8.36. The first-order chi connectivity index (χ1) is 11.6. The minimum absolute atomic E-state index is 0.0250. The molecule has 0 unspecified atom stereocenters. The predicted octanol–water partition coefficient (Wildman–Crippen LogP) is 3.11. The van der Waals surface area contributed by atoms with Gasteiger partial charge >= 0.3 is 0 Å². The zero-order chi connectivity index (χ0) is 17.4. The Bertz CT molecular complexity index is 667. The summed E-state index contributed by atoms with van der Waals surface area (Å²) < 4.78 is 10.6. The van der Waals surface area contributed by atoms with Crippen molar-refractivity contribution in [1.29, 1.82) is 0 Å². The lowest BCUT2D eigenvalue weighted by molar-refractivity contribution is -0.121. The molecule has 0 bridgehead atoms. The second-order valence-corrected chi connectivity index (χ2v) is 5.80. The van der Waals surface area contributed by atoms with E-state index in [2.05, 4.69) is 22.4 Å². The average Bonchev–Trinajstić information content (AvgIpc) is 2.97. The quantitative estimate of drug-likeness (QED) is 0.764. The van der Waals surface area contributed by atoms with Crippen LogP contribution in [0.2, 0.25) is 0 Å². The third-order valence-corrected chi connectivity index (χ3v) is 3.63. The van der Waals surface area contributed by atoms with Crippen LogP contribution in [-0.4, -0.2) is 22.7 Å². The van der Waals surface area contributed by atoms with Gasteiger partial charge in [-0.2, -0.15) is 4.98 Å². The van der Waals surface area contributed by atoms with Crippen molar-refractivity contribution < 1.29 is 14.1 Å². The summed E-state index contributed by atoms with van der Waals surface area (Å²) in [6.07, 6.45) is 2.74. The summed E-state index contributed by atoms with van der Waals surface area (Å²) in [6.45, 7) is 7.13. The number of rotatable bonds is 9. The van der Waals surface area contributed by atoms with Crippen molar-refractivity contribution in [3.8, 4) is 5.75 Å². The molecule has 24 heavy (non-hydrogen) atoms. The largest absolute Gasteiger partial charge is 0.494 e. The van der Waals surface area contributed by atoms with Gasteiger partial charge in [0.25, 0.3) is 0 Å². The maximum absolute atomic E-state index is 11.9. The smallest absolute Gasteiger partial charge is 0.226 e. The van der Waals surface area contributed by atoms with Crippen molar-refractivity contribution in [3.05, 3.63) is 41.0 Å². The van der Waals surface area contributed by atoms with E-state index in [1.54, 1.807) is 6.92 Å². The Balaban J connectivity index is 1.72. The zero-order valence-electron chi connectivity index (χ0n) is 14.6. The summed E-state index contributed by atoms with van der Waals surface area (Å²) in [6, 6.07) is 5.96. The Morgan fingerprint density at radius 2 is 2.17 bits per heavy atom. The molecule has 130 valence electrons. The molecule has 6 heteroatoms. The number of nitrogens with zero attached hydrogens (tertiary/aromatic N) is 2. The van der Waals surface area contributed by atoms with Crippen molar-refractivity contribution >= 4 is 5.91 Å². The van der Waals surface area contributed by atoms with Gasteiger partial charge in [0.2, 0.25) is 11.8 Å². The van der Waals surface area contributed by atoms with Crippen LogP contribution in [0.3, 0.4) is 0 Å². The highest BCUT2D eigenvalue weighted by atomic mass is 16.5. The van der Waals surface area contributed by atoms with Gasteiger partial charge in [-0.3, -0.25) is 4.79 Å². The number of carbonyl (C=O) groups is 1. The molecule has 0 atom stereocenters. The summed E-state index contributed by atoms with van der Waals surface area (Å²) in [7, 11) is 0. The average molecular weight is 331 g/mol. The molecule has 1 aromatic carbocycles. The zero-order valence-corrected chi connectivity index (χ0v) is 14.6. The fraction of sp³-hybridized carbons (Fsp3) is 0.500. The van der Waals surface area contributed by atoms with Crippen LogP contribution in [0.1, 0.15) is 49.0 Å². The highest BCUT2D eigenvalue weighted by Gasteiger charge is 2.07. The Hall–Kier alpha value is -2.37. The second-order valence-electron chi connectivity index (χ2n) is 5.80. The number of amides is 1. The van der Waals surface area contributed by atoms with Crippen LogP contribution in [0.5, 0.6) is 5.75 Å². The standard InChI is InChI=1S/C18H25N3O3/c1-4-10-23-16-9-8-15(13(2)11-16)12-19-17(22)6-5-7-18-20-14(3)21-24-18/h8-9,11H,4-7,10,12H2,1-3H3,(H,19,22). The minimum atomic E-state index is 0.0250. The van der Waals surface area contributed by atoms with Crippen LogP contribution < -0.4 is 10.1 Å². The monoisotopic (exact) mass is 331 g/mol. The lowest BCUT2D eigenvalue weighted by Crippen LogP contribution is -2.23. The van der Waals surface area contributed by atoms with E-state index in [0.29, 0.717) is 37.5 Å². The van der Waals surface area contributed by atoms with Gasteiger partial charge in [0.05, 0.1) is 6.61 Å². The van der Waals surface area contributed by atoms with Gasteiger partial charge in [-0.05, 0) is 49.9 Å². The maximum Gasteiger partial charge on any atom is 0.226 e. The summed E-state index contributed by atoms with van der Waals surface area (Å²) in [4.78, 5) is 16.0. The van der Waals surface area contributed by atoms with E-state index in [9.17, 15) is 4.79 Å². The fourth-order valence-corrected chi connectivity index (χ4v) is 2.30. The molecule has 2 rings (SSSR count). The molecule has 1 heterocycles. The van der Waals surface area contributed by atoms with Crippen LogP contribution in [0.15, 0.2) is 22.7 Å². The number of hydrogen-bond donors (Lipinski definition) is 1. The Morgan fingerprint density at radius 3 is 2.83 bits per heavy atom. The molecule has 6 nitrogen and oxygen atoms in total. The molecular formula is C18H25N3O3. The van der Waals surface area contributed by atoms with Gasteiger partial charge in [0.1, 0.15) is 5.75 Å². The van der Waals surface area contributed by atoms with E-state index in [1.807, 2.05) is 25.1 Å². The SMILES string of the molecule is CCCOc1ccc(CNC(=O)CCCc2nc(C)no2)c(C)c1. The molecule has 0 saturated carbocycles. The molecule has 0 aliphatic carbocycles. The Labute approximate surface area is 142 Å². The molecule has 0 spiro atoms. The van der Waals surface area contributed by atoms with E-state index in [4.69, 9.17) is 9.26 Å². The van der Waals surface area contributed by atoms with E-state index >= 15 is 0 Å². The normalized spacial score (nSPS) is 10.6. The number of aromatic nitrogens is 2. The first kappa shape index (κ1) is 18.0. The highest BCUT2D eigenvalue weighted by Crippen LogP contribution is 2.17. The number of nitrogens with one attached hydrogen (secondary N) is 1. The topological polar surface area (TPSA) is 77.2 Å². The second kappa shape index (κ2) is 9.05. The molecule has 0 aliphatic rings. The molecule has 0 radical (unpaired) electrons. The summed E-state index contributed by atoms with van der Waals surface area (Å²) >= 11 is 0. The number of ether oxygens (including phenoxy) is 1. The van der Waals surface area contributed by atoms with Gasteiger partial charge in [-0.25, -0.2) is 0 Å². The van der Waals surface area contributed by atoms with Crippen LogP contribution >= 0.6 is 0 Å². The number of aryl methyl sites for hydroxylation is 3. The van der Waals surface area contributed by atoms with Gasteiger partial charge < -0.3 is 14.6 Å². The first-order valence-corrected chi connectivity index (χ1v) is 8.36. The number of carbonyl (C=O) groups excluding carboxylic acids is 1. The highest BCUT2D eigenvalue weighted by molar-refractivity contribution is 5.75. The van der Waals surface area contributed by atoms with E-state index in [0.717, 1.165) is 29.9 Å². The third kappa shape index (κ3) is 5.68. The van der Waals surface area contributed by atoms with Crippen LogP contribution in [-0.2, 0) is 17.8 Å². The van der Waals surface area contributed by atoms with Crippen LogP contribution in [0.4, 0.5) is 0 Å². The summed E-state index contributed by atoms with van der Waals surface area (Å²) in [5.41, 5.74) is 2.21. The van der Waals surface area contributed by atoms with E-state index in [-0.39, 0.29) is 5.91 Å². The molecule has 0 saturated heterocycles. The van der Waals surface area contributed by atoms with Crippen LogP contribution in [0.25, 0.3) is 0 Å². The van der Waals surface area contributed by atoms with Gasteiger partial charge in [-0.15, -0.1) is 0 Å². The predicted molar refractivity (Wildman–Crippen MR) is 90.8 cm³/mol. The number of benzene rings is 1. The Morgan fingerprint density at radius 1 is 1.33 bits per heavy atom. The van der Waals surface area contributed by atoms with Gasteiger partial charge in [-0.1, -0.05) is 18.1 Å². The lowest BCUT2D eigenvalue weighted by Gasteiger charge is -2.10. The van der Waals surface area contributed by atoms with E-state index < -0.39 is 0 Å². The maximum atomic E-state index is 11.9. The van der Waals surface area contributed by atoms with Crippen molar-refractivity contribution in [1.82, 2.24) is 15.5 Å². The van der Waals surface area contributed by atoms with E-state index in [1.165, 1.54) is 0 Å². The molecule has 1 aromatic heterocycles. The van der Waals surface area contributed by atoms with Gasteiger partial charge in [0.15, 0.2) is 5.82 Å². The van der Waals surface area contributed by atoms with Crippen molar-refractivity contribution in [2.45, 2.75) is 53.0 Å². The molecule has 2 aromatic rings. The number of hydrogen-bond acceptors (Lipinski definition) is 5. The van der Waals surface area contributed by atoms with Crippen molar-refractivity contribution in [2.75, 3.05) is 6.61 Å². The summed E-state index contributed by atoms with van der Waals surface area (Å²) in [5, 5.41) is 6.68. The summed E-state index contributed by atoms with van der Waals surface area (Å²) in [5.74, 6) is 2.10. The van der Waals surface area contributed by atoms with Gasteiger partial charge in [0, 0.05) is 19.4 Å². The van der Waals surface area contributed by atoms with Crippen molar-refractivity contribution in [3.63, 3.8) is 0 Å². The molecule has 0 aliphatic heterocycles. The lowest BCUT2D eigenvalue weighted by atomic mass is 10.1. The Kier molecular flexibility index (Phi) is 6.78. The third-order valence-electron chi connectivity index (χ3n) is 3.63. The molecule has 0 fully saturated rings. The fourth-order valence-electron chi connectivity index (χ4n) is 2.30. The molecule has 1 N–H and O–H groups in total.